The maximum absolute atomic E-state index is 12.2. The van der Waals surface area contributed by atoms with Gasteiger partial charge in [-0.3, -0.25) is 0 Å². The van der Waals surface area contributed by atoms with Crippen LogP contribution in [0.25, 0.3) is 22.5 Å². The first-order chi connectivity index (χ1) is 19.5. The number of carbonyl (C=O) groups excluding carboxylic acids is 1. The van der Waals surface area contributed by atoms with Crippen molar-refractivity contribution in [3.63, 3.8) is 0 Å². The Kier molecular flexibility index (Phi) is 13.4. The molecule has 0 fully saturated rings. The number of rotatable bonds is 18. The van der Waals surface area contributed by atoms with Crippen LogP contribution >= 0.6 is 0 Å². The molecule has 3 aromatic rings. The Hall–Kier alpha value is -3.45. The predicted octanol–water partition coefficient (Wildman–Crippen LogP) is 7.68. The molecule has 0 saturated carbocycles. The smallest absolute Gasteiger partial charge is 0.335 e. The van der Waals surface area contributed by atoms with Crippen LogP contribution in [0.2, 0.25) is 0 Å². The molecule has 0 radical (unpaired) electrons. The molecule has 1 aromatic heterocycles. The Morgan fingerprint density at radius 1 is 0.700 bits per heavy atom. The molecule has 0 aliphatic heterocycles. The van der Waals surface area contributed by atoms with Gasteiger partial charge in [-0.1, -0.05) is 82.3 Å². The van der Waals surface area contributed by atoms with Crippen LogP contribution in [0.1, 0.15) is 72.6 Å². The van der Waals surface area contributed by atoms with Gasteiger partial charge in [-0.15, -0.1) is 0 Å². The lowest BCUT2D eigenvalue weighted by molar-refractivity contribution is -0.162. The molecular weight excluding hydrogens is 504 g/mol. The summed E-state index contributed by atoms with van der Waals surface area (Å²) in [5.74, 6) is 1.72. The molecule has 7 heteroatoms. The molecule has 0 saturated heterocycles. The summed E-state index contributed by atoms with van der Waals surface area (Å²) in [4.78, 5) is 21.1. The molecule has 0 spiro atoms. The van der Waals surface area contributed by atoms with Crippen molar-refractivity contribution in [1.29, 1.82) is 0 Å². The van der Waals surface area contributed by atoms with Gasteiger partial charge in [0.2, 0.25) is 0 Å². The molecule has 0 amide bonds. The molecule has 0 bridgehead atoms. The Morgan fingerprint density at radius 3 is 1.93 bits per heavy atom. The number of hydrogen-bond donors (Lipinski definition) is 0. The zero-order chi connectivity index (χ0) is 28.6. The van der Waals surface area contributed by atoms with Crippen molar-refractivity contribution in [2.45, 2.75) is 84.8 Å². The summed E-state index contributed by atoms with van der Waals surface area (Å²) in [7, 11) is 0. The first kappa shape index (κ1) is 31.1. The van der Waals surface area contributed by atoms with Gasteiger partial charge in [0.1, 0.15) is 18.5 Å². The van der Waals surface area contributed by atoms with E-state index < -0.39 is 6.10 Å². The first-order valence-corrected chi connectivity index (χ1v) is 14.6. The van der Waals surface area contributed by atoms with E-state index in [0.717, 1.165) is 42.4 Å². The number of hydrogen-bond acceptors (Lipinski definition) is 7. The monoisotopic (exact) mass is 548 g/mol. The molecule has 7 nitrogen and oxygen atoms in total. The lowest BCUT2D eigenvalue weighted by Gasteiger charge is -2.18. The van der Waals surface area contributed by atoms with E-state index in [1.165, 1.54) is 19.3 Å². The fraction of sp³-hybridized carbons (Fsp3) is 0.485. The minimum absolute atomic E-state index is 0.269. The molecular formula is C33H44N2O5. The predicted molar refractivity (Wildman–Crippen MR) is 159 cm³/mol. The topological polar surface area (TPSA) is 79.8 Å². The highest BCUT2D eigenvalue weighted by Gasteiger charge is 2.18. The molecule has 0 aliphatic rings. The van der Waals surface area contributed by atoms with Crippen molar-refractivity contribution in [3.8, 4) is 34.0 Å². The fourth-order valence-electron chi connectivity index (χ4n) is 4.04. The van der Waals surface area contributed by atoms with Crippen LogP contribution in [0.3, 0.4) is 0 Å². The van der Waals surface area contributed by atoms with E-state index in [1.54, 1.807) is 19.3 Å². The zero-order valence-electron chi connectivity index (χ0n) is 24.4. The summed E-state index contributed by atoms with van der Waals surface area (Å²) in [5, 5.41) is 0. The van der Waals surface area contributed by atoms with Crippen molar-refractivity contribution in [2.75, 3.05) is 19.8 Å². The van der Waals surface area contributed by atoms with Crippen molar-refractivity contribution < 1.29 is 23.7 Å². The van der Waals surface area contributed by atoms with Crippen molar-refractivity contribution in [2.24, 2.45) is 0 Å². The Labute approximate surface area is 239 Å². The van der Waals surface area contributed by atoms with Crippen LogP contribution in [0, 0.1) is 0 Å². The van der Waals surface area contributed by atoms with Gasteiger partial charge in [0.05, 0.1) is 19.0 Å². The van der Waals surface area contributed by atoms with E-state index in [1.807, 2.05) is 43.3 Å². The van der Waals surface area contributed by atoms with Gasteiger partial charge in [0.25, 0.3) is 0 Å². The minimum atomic E-state index is -0.574. The van der Waals surface area contributed by atoms with Crippen LogP contribution in [-0.4, -0.2) is 48.0 Å². The Balaban J connectivity index is 1.44. The van der Waals surface area contributed by atoms with E-state index >= 15 is 0 Å². The molecule has 2 atom stereocenters. The molecule has 0 N–H and O–H groups in total. The number of nitrogens with zero attached hydrogens (tertiary/aromatic N) is 2. The average Bonchev–Trinajstić information content (AvgIpc) is 2.99. The first-order valence-electron chi connectivity index (χ1n) is 14.6. The van der Waals surface area contributed by atoms with E-state index in [2.05, 4.69) is 35.9 Å². The third-order valence-corrected chi connectivity index (χ3v) is 6.48. The summed E-state index contributed by atoms with van der Waals surface area (Å²) in [6.45, 7) is 9.41. The molecule has 216 valence electrons. The lowest BCUT2D eigenvalue weighted by Crippen LogP contribution is -2.30. The molecule has 1 heterocycles. The maximum Gasteiger partial charge on any atom is 0.335 e. The van der Waals surface area contributed by atoms with E-state index in [0.29, 0.717) is 30.5 Å². The summed E-state index contributed by atoms with van der Waals surface area (Å²) >= 11 is 0. The quantitative estimate of drug-likeness (QED) is 0.119. The molecule has 0 aliphatic carbocycles. The fourth-order valence-corrected chi connectivity index (χ4v) is 4.04. The van der Waals surface area contributed by atoms with E-state index in [4.69, 9.17) is 18.9 Å². The van der Waals surface area contributed by atoms with Gasteiger partial charge in [0.15, 0.2) is 17.7 Å². The van der Waals surface area contributed by atoms with Crippen molar-refractivity contribution in [3.05, 3.63) is 60.9 Å². The summed E-state index contributed by atoms with van der Waals surface area (Å²) < 4.78 is 22.6. The Morgan fingerprint density at radius 2 is 1.27 bits per heavy atom. The number of esters is 1. The third kappa shape index (κ3) is 10.6. The van der Waals surface area contributed by atoms with Crippen LogP contribution in [-0.2, 0) is 14.3 Å². The third-order valence-electron chi connectivity index (χ3n) is 6.48. The number of ether oxygens (including phenoxy) is 4. The largest absolute Gasteiger partial charge is 0.490 e. The van der Waals surface area contributed by atoms with Crippen LogP contribution in [0.4, 0.5) is 0 Å². The van der Waals surface area contributed by atoms with Crippen molar-refractivity contribution >= 4 is 5.97 Å². The van der Waals surface area contributed by atoms with Gasteiger partial charge in [0, 0.05) is 12.2 Å². The maximum atomic E-state index is 12.2. The normalized spacial score (nSPS) is 12.5. The standard InChI is InChI=1S/C33H44N2O5/c1-5-7-9-11-21-38-31-22-34-32(35-23-31)29-14-12-27(13-15-29)28-16-18-30(19-17-28)39-24-25(3)40-33(36)26(4)37-20-10-8-6-2/h12-19,22-23,25-26H,5-11,20-21,24H2,1-4H3/t25?,26-/m1/s1. The Bertz CT molecular complexity index is 1120. The van der Waals surface area contributed by atoms with Gasteiger partial charge >= 0.3 is 5.97 Å². The number of carbonyl (C=O) groups is 1. The van der Waals surface area contributed by atoms with Gasteiger partial charge in [-0.05, 0) is 49.9 Å². The molecule has 1 unspecified atom stereocenters. The second kappa shape index (κ2) is 17.3. The highest BCUT2D eigenvalue weighted by molar-refractivity contribution is 5.74. The summed E-state index contributed by atoms with van der Waals surface area (Å²) in [6, 6.07) is 16.0. The van der Waals surface area contributed by atoms with Crippen LogP contribution < -0.4 is 9.47 Å². The van der Waals surface area contributed by atoms with E-state index in [-0.39, 0.29) is 18.7 Å². The number of aromatic nitrogens is 2. The average molecular weight is 549 g/mol. The van der Waals surface area contributed by atoms with Crippen molar-refractivity contribution in [1.82, 2.24) is 9.97 Å². The molecule has 2 aromatic carbocycles. The minimum Gasteiger partial charge on any atom is -0.490 e. The number of unbranched alkanes of at least 4 members (excludes halogenated alkanes) is 5. The summed E-state index contributed by atoms with van der Waals surface area (Å²) in [5.41, 5.74) is 3.10. The van der Waals surface area contributed by atoms with Gasteiger partial charge < -0.3 is 18.9 Å². The second-order valence-corrected chi connectivity index (χ2v) is 10.0. The highest BCUT2D eigenvalue weighted by Crippen LogP contribution is 2.25. The van der Waals surface area contributed by atoms with Gasteiger partial charge in [-0.2, -0.15) is 0 Å². The second-order valence-electron chi connectivity index (χ2n) is 10.0. The highest BCUT2D eigenvalue weighted by atomic mass is 16.6. The van der Waals surface area contributed by atoms with Gasteiger partial charge in [-0.25, -0.2) is 14.8 Å². The van der Waals surface area contributed by atoms with Crippen LogP contribution in [0.5, 0.6) is 11.5 Å². The van der Waals surface area contributed by atoms with Crippen LogP contribution in [0.15, 0.2) is 60.9 Å². The lowest BCUT2D eigenvalue weighted by atomic mass is 10.0. The molecule has 40 heavy (non-hydrogen) atoms. The number of benzene rings is 2. The molecule has 3 rings (SSSR count). The van der Waals surface area contributed by atoms with E-state index in [9.17, 15) is 4.79 Å². The SMILES string of the molecule is CCCCCCOc1cnc(-c2ccc(-c3ccc(OCC(C)OC(=O)[C@@H](C)OCCCCC)cc3)cc2)nc1. The summed E-state index contributed by atoms with van der Waals surface area (Å²) in [6.07, 6.45) is 10.4. The zero-order valence-corrected chi connectivity index (χ0v) is 24.4.